The van der Waals surface area contributed by atoms with E-state index in [0.29, 0.717) is 13.0 Å². The number of hydroxylamine groups is 2. The summed E-state index contributed by atoms with van der Waals surface area (Å²) in [6.07, 6.45) is 2.00. The van der Waals surface area contributed by atoms with Gasteiger partial charge >= 0.3 is 6.09 Å². The number of ether oxygens (including phenoxy) is 2. The average Bonchev–Trinajstić information content (AvgIpc) is 3.28. The summed E-state index contributed by atoms with van der Waals surface area (Å²) in [5.41, 5.74) is 5.66. The molecule has 1 aliphatic carbocycles. The maximum atomic E-state index is 12.4. The van der Waals surface area contributed by atoms with E-state index in [1.807, 2.05) is 48.5 Å². The first-order chi connectivity index (χ1) is 18.6. The highest BCUT2D eigenvalue weighted by atomic mass is 16.9. The Hall–Kier alpha value is -3.88. The van der Waals surface area contributed by atoms with Gasteiger partial charge in [0.05, 0.1) is 14.2 Å². The molecule has 0 atom stereocenters. The summed E-state index contributed by atoms with van der Waals surface area (Å²) in [5.74, 6) is 0.530. The molecule has 0 aromatic heterocycles. The average molecular weight is 519 g/mol. The van der Waals surface area contributed by atoms with E-state index in [0.717, 1.165) is 29.4 Å². The van der Waals surface area contributed by atoms with Crippen molar-refractivity contribution in [2.75, 3.05) is 27.4 Å². The third-order valence-electron chi connectivity index (χ3n) is 6.56. The molecule has 1 aliphatic rings. The normalized spacial score (nSPS) is 11.9. The number of carbonyl (C=O) groups excluding carboxylic acids is 2. The van der Waals surface area contributed by atoms with Crippen molar-refractivity contribution >= 4 is 12.0 Å². The third-order valence-corrected chi connectivity index (χ3v) is 6.56. The smallest absolute Gasteiger partial charge is 0.407 e. The van der Waals surface area contributed by atoms with Crippen LogP contribution in [-0.2, 0) is 25.8 Å². The van der Waals surface area contributed by atoms with Crippen molar-refractivity contribution in [3.63, 3.8) is 0 Å². The lowest BCUT2D eigenvalue weighted by molar-refractivity contribution is -0.336. The first-order valence-electron chi connectivity index (χ1n) is 12.8. The summed E-state index contributed by atoms with van der Waals surface area (Å²) >= 11 is 0. The van der Waals surface area contributed by atoms with Gasteiger partial charge in [-0.2, -0.15) is 0 Å². The number of rotatable bonds is 13. The molecule has 4 rings (SSSR count). The minimum Gasteiger partial charge on any atom is -0.497 e. The number of hydrogen-bond acceptors (Lipinski definition) is 6. The Morgan fingerprint density at radius 1 is 0.842 bits per heavy atom. The molecular formula is C30H34N2O6. The van der Waals surface area contributed by atoms with Crippen molar-refractivity contribution in [2.24, 2.45) is 0 Å². The SMILES string of the molecule is COc1ccc(CON(OC)C(=O)CCCCCNC(=O)OCC2c3ccccc3-c3ccccc32)cc1. The molecule has 3 aromatic carbocycles. The lowest BCUT2D eigenvalue weighted by atomic mass is 9.98. The molecule has 0 saturated carbocycles. The number of nitrogens with one attached hydrogen (secondary N) is 1. The number of hydrogen-bond donors (Lipinski definition) is 1. The van der Waals surface area contributed by atoms with Gasteiger partial charge in [0.2, 0.25) is 0 Å². The van der Waals surface area contributed by atoms with Crippen molar-refractivity contribution in [3.05, 3.63) is 89.5 Å². The maximum Gasteiger partial charge on any atom is 0.407 e. The number of amides is 2. The van der Waals surface area contributed by atoms with Gasteiger partial charge in [0.15, 0.2) is 0 Å². The highest BCUT2D eigenvalue weighted by Crippen LogP contribution is 2.44. The van der Waals surface area contributed by atoms with Crippen molar-refractivity contribution in [3.8, 4) is 16.9 Å². The van der Waals surface area contributed by atoms with Gasteiger partial charge in [0, 0.05) is 18.9 Å². The van der Waals surface area contributed by atoms with Crippen LogP contribution in [0.2, 0.25) is 0 Å². The van der Waals surface area contributed by atoms with Crippen molar-refractivity contribution in [1.29, 1.82) is 0 Å². The van der Waals surface area contributed by atoms with Crippen LogP contribution in [0.1, 0.15) is 48.3 Å². The Labute approximate surface area is 223 Å². The van der Waals surface area contributed by atoms with Gasteiger partial charge in [-0.3, -0.25) is 4.79 Å². The van der Waals surface area contributed by atoms with Crippen LogP contribution in [0.5, 0.6) is 5.75 Å². The molecule has 0 fully saturated rings. The van der Waals surface area contributed by atoms with Crippen LogP contribution < -0.4 is 10.1 Å². The van der Waals surface area contributed by atoms with Crippen molar-refractivity contribution in [1.82, 2.24) is 10.5 Å². The van der Waals surface area contributed by atoms with Gasteiger partial charge in [-0.1, -0.05) is 72.3 Å². The summed E-state index contributed by atoms with van der Waals surface area (Å²) in [6, 6.07) is 23.9. The predicted octanol–water partition coefficient (Wildman–Crippen LogP) is 5.62. The van der Waals surface area contributed by atoms with Crippen LogP contribution in [0.25, 0.3) is 11.1 Å². The predicted molar refractivity (Wildman–Crippen MR) is 143 cm³/mol. The Morgan fingerprint density at radius 2 is 1.50 bits per heavy atom. The fourth-order valence-corrected chi connectivity index (χ4v) is 4.59. The van der Waals surface area contributed by atoms with Crippen molar-refractivity contribution in [2.45, 2.75) is 38.2 Å². The molecule has 0 unspecified atom stereocenters. The van der Waals surface area contributed by atoms with E-state index in [-0.39, 0.29) is 31.5 Å². The van der Waals surface area contributed by atoms with Crippen LogP contribution in [0, 0.1) is 0 Å². The molecule has 8 heteroatoms. The van der Waals surface area contributed by atoms with E-state index in [9.17, 15) is 9.59 Å². The van der Waals surface area contributed by atoms with Gasteiger partial charge in [-0.05, 0) is 52.8 Å². The third kappa shape index (κ3) is 6.90. The summed E-state index contributed by atoms with van der Waals surface area (Å²) < 4.78 is 10.7. The molecule has 1 N–H and O–H groups in total. The Bertz CT molecular complexity index is 1170. The van der Waals surface area contributed by atoms with Gasteiger partial charge in [0.25, 0.3) is 5.91 Å². The van der Waals surface area contributed by atoms with Crippen LogP contribution in [-0.4, -0.2) is 44.6 Å². The van der Waals surface area contributed by atoms with Gasteiger partial charge in [0.1, 0.15) is 19.0 Å². The Balaban J connectivity index is 1.11. The Kier molecular flexibility index (Phi) is 9.72. The number of alkyl carbamates (subject to hydrolysis) is 1. The number of methoxy groups -OCH3 is 1. The molecule has 0 heterocycles. The van der Waals surface area contributed by atoms with E-state index in [4.69, 9.17) is 19.1 Å². The lowest BCUT2D eigenvalue weighted by Gasteiger charge is -2.18. The summed E-state index contributed by atoms with van der Waals surface area (Å²) in [4.78, 5) is 35.2. The first-order valence-corrected chi connectivity index (χ1v) is 12.8. The van der Waals surface area contributed by atoms with Crippen LogP contribution in [0.3, 0.4) is 0 Å². The van der Waals surface area contributed by atoms with Gasteiger partial charge in [-0.25, -0.2) is 14.5 Å². The molecule has 200 valence electrons. The van der Waals surface area contributed by atoms with Crippen LogP contribution in [0.15, 0.2) is 72.8 Å². The number of nitrogens with zero attached hydrogens (tertiary/aromatic N) is 1. The Morgan fingerprint density at radius 3 is 2.13 bits per heavy atom. The van der Waals surface area contributed by atoms with E-state index in [1.165, 1.54) is 29.4 Å². The monoisotopic (exact) mass is 518 g/mol. The summed E-state index contributed by atoms with van der Waals surface area (Å²) in [5, 5.41) is 3.72. The molecule has 0 aliphatic heterocycles. The standard InChI is InChI=1S/C30H34N2O6/c1-35-23-17-15-22(16-18-23)20-38-32(36-2)29(33)14-4-3-9-19-31-30(34)37-21-28-26-12-7-5-10-24(26)25-11-6-8-13-27(25)28/h5-8,10-13,15-18,28H,3-4,9,14,19-21H2,1-2H3,(H,31,34). The van der Waals surface area contributed by atoms with E-state index >= 15 is 0 Å². The number of unbranched alkanes of at least 4 members (excludes halogenated alkanes) is 2. The molecule has 0 radical (unpaired) electrons. The zero-order valence-corrected chi connectivity index (χ0v) is 21.9. The fourth-order valence-electron chi connectivity index (χ4n) is 4.59. The molecule has 38 heavy (non-hydrogen) atoms. The maximum absolute atomic E-state index is 12.4. The topological polar surface area (TPSA) is 86.3 Å². The molecule has 0 spiro atoms. The second kappa shape index (κ2) is 13.6. The largest absolute Gasteiger partial charge is 0.497 e. The molecule has 0 bridgehead atoms. The second-order valence-corrected chi connectivity index (χ2v) is 9.02. The number of carbonyl (C=O) groups is 2. The molecule has 3 aromatic rings. The van der Waals surface area contributed by atoms with Crippen LogP contribution >= 0.6 is 0 Å². The molecule has 0 saturated heterocycles. The summed E-state index contributed by atoms with van der Waals surface area (Å²) in [6.45, 7) is 0.970. The fraction of sp³-hybridized carbons (Fsp3) is 0.333. The molecule has 2 amide bonds. The summed E-state index contributed by atoms with van der Waals surface area (Å²) in [7, 11) is 3.00. The molecule has 8 nitrogen and oxygen atoms in total. The van der Waals surface area contributed by atoms with Gasteiger partial charge in [-0.15, -0.1) is 0 Å². The van der Waals surface area contributed by atoms with E-state index in [1.54, 1.807) is 7.11 Å². The minimum atomic E-state index is -0.430. The second-order valence-electron chi connectivity index (χ2n) is 9.02. The first kappa shape index (κ1) is 27.2. The van der Waals surface area contributed by atoms with Crippen LogP contribution in [0.4, 0.5) is 4.79 Å². The minimum absolute atomic E-state index is 0.0369. The van der Waals surface area contributed by atoms with E-state index in [2.05, 4.69) is 29.6 Å². The zero-order valence-electron chi connectivity index (χ0n) is 21.9. The number of benzene rings is 3. The lowest BCUT2D eigenvalue weighted by Crippen LogP contribution is -2.30. The van der Waals surface area contributed by atoms with E-state index < -0.39 is 6.09 Å². The van der Waals surface area contributed by atoms with Gasteiger partial charge < -0.3 is 14.8 Å². The quantitative estimate of drug-likeness (QED) is 0.234. The molecular weight excluding hydrogens is 484 g/mol. The zero-order chi connectivity index (χ0) is 26.7. The highest BCUT2D eigenvalue weighted by molar-refractivity contribution is 5.79. The van der Waals surface area contributed by atoms with Crippen molar-refractivity contribution < 1.29 is 28.7 Å². The number of fused-ring (bicyclic) bond motifs is 3. The highest BCUT2D eigenvalue weighted by Gasteiger charge is 2.28.